The first-order valence-corrected chi connectivity index (χ1v) is 7.01. The average molecular weight is 311 g/mol. The number of rotatable bonds is 5. The number of aldehydes is 1. The quantitative estimate of drug-likeness (QED) is 0.469. The van der Waals surface area contributed by atoms with Crippen LogP contribution in [-0.2, 0) is 9.84 Å². The first-order chi connectivity index (χ1) is 9.90. The molecule has 0 aliphatic rings. The highest BCUT2D eigenvalue weighted by molar-refractivity contribution is 7.91. The molecular formula is C12H9NO7S. The standard InChI is InChI=1S/C12H9NO7S/c1-19-11-4-3-9(6-10(11)13(15)16)21(17,18)12-5-2-8(7-14)20-12/h2-7H,1H3. The van der Waals surface area contributed by atoms with Crippen molar-refractivity contribution in [1.82, 2.24) is 0 Å². The first kappa shape index (κ1) is 14.7. The molecule has 0 amide bonds. The SMILES string of the molecule is COc1ccc(S(=O)(=O)c2ccc(C=O)o2)cc1[N+](=O)[O-]. The Morgan fingerprint density at radius 2 is 2.00 bits per heavy atom. The second-order valence-electron chi connectivity index (χ2n) is 3.87. The van der Waals surface area contributed by atoms with Crippen molar-refractivity contribution in [2.45, 2.75) is 9.99 Å². The molecule has 0 saturated carbocycles. The van der Waals surface area contributed by atoms with Crippen molar-refractivity contribution in [3.8, 4) is 5.75 Å². The summed E-state index contributed by atoms with van der Waals surface area (Å²) in [5.74, 6) is -0.219. The highest BCUT2D eigenvalue weighted by Crippen LogP contribution is 2.32. The molecule has 1 heterocycles. The molecule has 0 saturated heterocycles. The van der Waals surface area contributed by atoms with Crippen LogP contribution in [0.25, 0.3) is 0 Å². The predicted molar refractivity (Wildman–Crippen MR) is 69.2 cm³/mol. The van der Waals surface area contributed by atoms with Crippen LogP contribution in [0.5, 0.6) is 5.75 Å². The molecule has 0 fully saturated rings. The molecule has 0 aliphatic carbocycles. The highest BCUT2D eigenvalue weighted by Gasteiger charge is 2.26. The van der Waals surface area contributed by atoms with Crippen molar-refractivity contribution in [2.75, 3.05) is 7.11 Å². The van der Waals surface area contributed by atoms with Crippen molar-refractivity contribution in [2.24, 2.45) is 0 Å². The van der Waals surface area contributed by atoms with Crippen molar-refractivity contribution >= 4 is 21.8 Å². The molecule has 0 atom stereocenters. The second kappa shape index (κ2) is 5.37. The van der Waals surface area contributed by atoms with E-state index in [0.717, 1.165) is 18.2 Å². The van der Waals surface area contributed by atoms with Gasteiger partial charge in [-0.15, -0.1) is 0 Å². The number of methoxy groups -OCH3 is 1. The Hall–Kier alpha value is -2.68. The topological polar surface area (TPSA) is 117 Å². The summed E-state index contributed by atoms with van der Waals surface area (Å²) in [5.41, 5.74) is -0.485. The van der Waals surface area contributed by atoms with E-state index in [0.29, 0.717) is 6.29 Å². The average Bonchev–Trinajstić information content (AvgIpc) is 2.96. The number of hydrogen-bond donors (Lipinski definition) is 0. The lowest BCUT2D eigenvalue weighted by Gasteiger charge is -2.04. The second-order valence-corrected chi connectivity index (χ2v) is 5.75. The predicted octanol–water partition coefficient (Wildman–Crippen LogP) is 1.84. The summed E-state index contributed by atoms with van der Waals surface area (Å²) in [6, 6.07) is 5.50. The van der Waals surface area contributed by atoms with E-state index in [1.807, 2.05) is 0 Å². The molecule has 2 rings (SSSR count). The van der Waals surface area contributed by atoms with Crippen LogP contribution in [0.15, 0.2) is 44.7 Å². The van der Waals surface area contributed by atoms with Gasteiger partial charge in [-0.05, 0) is 24.3 Å². The fourth-order valence-electron chi connectivity index (χ4n) is 1.64. The number of nitrogens with zero attached hydrogens (tertiary/aromatic N) is 1. The zero-order valence-corrected chi connectivity index (χ0v) is 11.5. The summed E-state index contributed by atoms with van der Waals surface area (Å²) in [4.78, 5) is 20.3. The summed E-state index contributed by atoms with van der Waals surface area (Å²) >= 11 is 0. The normalized spacial score (nSPS) is 11.1. The van der Waals surface area contributed by atoms with E-state index < -0.39 is 25.5 Å². The molecule has 2 aromatic rings. The minimum atomic E-state index is -4.09. The van der Waals surface area contributed by atoms with Crippen LogP contribution in [0, 0.1) is 10.1 Å². The maximum absolute atomic E-state index is 12.3. The number of carbonyl (C=O) groups excluding carboxylic acids is 1. The van der Waals surface area contributed by atoms with Crippen LogP contribution in [0.4, 0.5) is 5.69 Å². The summed E-state index contributed by atoms with van der Waals surface area (Å²) in [7, 11) is -2.86. The van der Waals surface area contributed by atoms with Crippen molar-refractivity contribution in [3.05, 3.63) is 46.2 Å². The van der Waals surface area contributed by atoms with Gasteiger partial charge in [0.2, 0.25) is 14.9 Å². The van der Waals surface area contributed by atoms with Gasteiger partial charge in [0.15, 0.2) is 17.8 Å². The summed E-state index contributed by atoms with van der Waals surface area (Å²) < 4.78 is 34.2. The number of benzene rings is 1. The molecular weight excluding hydrogens is 302 g/mol. The largest absolute Gasteiger partial charge is 0.490 e. The third kappa shape index (κ3) is 2.63. The van der Waals surface area contributed by atoms with Gasteiger partial charge >= 0.3 is 5.69 Å². The molecule has 1 aromatic heterocycles. The van der Waals surface area contributed by atoms with Crippen LogP contribution in [0.2, 0.25) is 0 Å². The van der Waals surface area contributed by atoms with Crippen molar-refractivity contribution in [3.63, 3.8) is 0 Å². The van der Waals surface area contributed by atoms with Crippen molar-refractivity contribution in [1.29, 1.82) is 0 Å². The van der Waals surface area contributed by atoms with Crippen LogP contribution in [0.3, 0.4) is 0 Å². The van der Waals surface area contributed by atoms with E-state index in [4.69, 9.17) is 9.15 Å². The van der Waals surface area contributed by atoms with Gasteiger partial charge in [-0.25, -0.2) is 8.42 Å². The Balaban J connectivity index is 2.57. The van der Waals surface area contributed by atoms with E-state index in [1.165, 1.54) is 19.2 Å². The monoisotopic (exact) mass is 311 g/mol. The zero-order chi connectivity index (χ0) is 15.6. The summed E-state index contributed by atoms with van der Waals surface area (Å²) in [6.07, 6.45) is 0.357. The maximum Gasteiger partial charge on any atom is 0.312 e. The number of sulfone groups is 1. The van der Waals surface area contributed by atoms with E-state index >= 15 is 0 Å². The molecule has 0 aliphatic heterocycles. The molecule has 0 N–H and O–H groups in total. The van der Waals surface area contributed by atoms with Gasteiger partial charge in [-0.3, -0.25) is 14.9 Å². The molecule has 0 unspecified atom stereocenters. The highest BCUT2D eigenvalue weighted by atomic mass is 32.2. The molecule has 8 nitrogen and oxygen atoms in total. The number of ether oxygens (including phenoxy) is 1. The molecule has 9 heteroatoms. The first-order valence-electron chi connectivity index (χ1n) is 5.52. The van der Waals surface area contributed by atoms with Crippen LogP contribution < -0.4 is 4.74 Å². The van der Waals surface area contributed by atoms with Gasteiger partial charge in [0.25, 0.3) is 0 Å². The van der Waals surface area contributed by atoms with Crippen molar-refractivity contribution < 1.29 is 27.3 Å². The maximum atomic E-state index is 12.3. The van der Waals surface area contributed by atoms with Gasteiger partial charge in [0.05, 0.1) is 16.9 Å². The number of hydrogen-bond acceptors (Lipinski definition) is 7. The molecule has 0 bridgehead atoms. The smallest absolute Gasteiger partial charge is 0.312 e. The fourth-order valence-corrected chi connectivity index (χ4v) is 2.84. The lowest BCUT2D eigenvalue weighted by Crippen LogP contribution is -2.02. The van der Waals surface area contributed by atoms with Crippen LogP contribution in [0.1, 0.15) is 10.6 Å². The van der Waals surface area contributed by atoms with Gasteiger partial charge < -0.3 is 9.15 Å². The number of nitro groups is 1. The molecule has 110 valence electrons. The number of carbonyl (C=O) groups is 1. The number of furan rings is 1. The van der Waals surface area contributed by atoms with E-state index in [1.54, 1.807) is 0 Å². The molecule has 1 aromatic carbocycles. The summed E-state index contributed by atoms with van der Waals surface area (Å²) in [5, 5.41) is 10.4. The minimum Gasteiger partial charge on any atom is -0.490 e. The zero-order valence-electron chi connectivity index (χ0n) is 10.7. The Morgan fingerprint density at radius 3 is 2.52 bits per heavy atom. The third-order valence-corrected chi connectivity index (χ3v) is 4.26. The number of nitro benzene ring substituents is 1. The van der Waals surface area contributed by atoms with E-state index in [-0.39, 0.29) is 16.4 Å². The van der Waals surface area contributed by atoms with Gasteiger partial charge in [-0.1, -0.05) is 0 Å². The molecule has 0 radical (unpaired) electrons. The van der Waals surface area contributed by atoms with Gasteiger partial charge in [-0.2, -0.15) is 0 Å². The Labute approximate surface area is 119 Å². The lowest BCUT2D eigenvalue weighted by molar-refractivity contribution is -0.386. The van der Waals surface area contributed by atoms with Gasteiger partial charge in [0.1, 0.15) is 0 Å². The summed E-state index contributed by atoms with van der Waals surface area (Å²) in [6.45, 7) is 0. The Kier molecular flexibility index (Phi) is 3.76. The molecule has 21 heavy (non-hydrogen) atoms. The van der Waals surface area contributed by atoms with E-state index in [9.17, 15) is 23.3 Å². The van der Waals surface area contributed by atoms with Crippen LogP contribution in [-0.4, -0.2) is 26.7 Å². The Morgan fingerprint density at radius 1 is 1.29 bits per heavy atom. The Bertz CT molecular complexity index is 807. The fraction of sp³-hybridized carbons (Fsp3) is 0.0833. The van der Waals surface area contributed by atoms with Crippen LogP contribution >= 0.6 is 0 Å². The molecule has 0 spiro atoms. The van der Waals surface area contributed by atoms with E-state index in [2.05, 4.69) is 0 Å². The third-order valence-electron chi connectivity index (χ3n) is 2.64. The minimum absolute atomic E-state index is 0.0630. The van der Waals surface area contributed by atoms with Gasteiger partial charge in [0, 0.05) is 6.07 Å². The lowest BCUT2D eigenvalue weighted by atomic mass is 10.3.